The van der Waals surface area contributed by atoms with E-state index in [0.717, 1.165) is 11.0 Å². The molecule has 0 aliphatic carbocycles. The monoisotopic (exact) mass is 254 g/mol. The van der Waals surface area contributed by atoms with E-state index in [0.29, 0.717) is 6.42 Å². The molecule has 1 unspecified atom stereocenters. The Morgan fingerprint density at radius 1 is 1.41 bits per heavy atom. The fourth-order valence-electron chi connectivity index (χ4n) is 1.79. The van der Waals surface area contributed by atoms with E-state index >= 15 is 0 Å². The zero-order chi connectivity index (χ0) is 12.5. The SMILES string of the molecule is CC(CCS(=O)(=O)O)n1cnc2ccccc21. The van der Waals surface area contributed by atoms with E-state index in [2.05, 4.69) is 4.98 Å². The van der Waals surface area contributed by atoms with Crippen molar-refractivity contribution in [3.05, 3.63) is 30.6 Å². The summed E-state index contributed by atoms with van der Waals surface area (Å²) in [6, 6.07) is 7.64. The predicted octanol–water partition coefficient (Wildman–Crippen LogP) is 1.88. The van der Waals surface area contributed by atoms with Gasteiger partial charge in [0.2, 0.25) is 0 Å². The van der Waals surface area contributed by atoms with Crippen molar-refractivity contribution in [3.63, 3.8) is 0 Å². The molecule has 1 aromatic carbocycles. The molecule has 2 rings (SSSR count). The van der Waals surface area contributed by atoms with Gasteiger partial charge >= 0.3 is 0 Å². The third-order valence-corrected chi connectivity index (χ3v) is 3.50. The van der Waals surface area contributed by atoms with Gasteiger partial charge in [-0.15, -0.1) is 0 Å². The second-order valence-electron chi connectivity index (χ2n) is 4.06. The van der Waals surface area contributed by atoms with E-state index in [1.54, 1.807) is 6.33 Å². The Kier molecular flexibility index (Phi) is 3.17. The number of imidazole rings is 1. The van der Waals surface area contributed by atoms with Crippen molar-refractivity contribution in [2.45, 2.75) is 19.4 Å². The Labute approximate surface area is 99.8 Å². The maximum Gasteiger partial charge on any atom is 0.264 e. The number of nitrogens with zero attached hydrogens (tertiary/aromatic N) is 2. The highest BCUT2D eigenvalue weighted by Gasteiger charge is 2.12. The first-order valence-corrected chi connectivity index (χ1v) is 6.95. The van der Waals surface area contributed by atoms with E-state index in [-0.39, 0.29) is 11.8 Å². The summed E-state index contributed by atoms with van der Waals surface area (Å²) in [5.41, 5.74) is 1.85. The molecule has 92 valence electrons. The number of fused-ring (bicyclic) bond motifs is 1. The van der Waals surface area contributed by atoms with Gasteiger partial charge < -0.3 is 4.57 Å². The second-order valence-corrected chi connectivity index (χ2v) is 5.64. The summed E-state index contributed by atoms with van der Waals surface area (Å²) in [6.07, 6.45) is 2.05. The highest BCUT2D eigenvalue weighted by molar-refractivity contribution is 7.85. The number of benzene rings is 1. The minimum atomic E-state index is -3.90. The van der Waals surface area contributed by atoms with Gasteiger partial charge in [-0.25, -0.2) is 4.98 Å². The van der Waals surface area contributed by atoms with Gasteiger partial charge in [0, 0.05) is 6.04 Å². The van der Waals surface area contributed by atoms with Gasteiger partial charge in [0.05, 0.1) is 23.1 Å². The fraction of sp³-hybridized carbons (Fsp3) is 0.364. The molecule has 0 saturated heterocycles. The maximum absolute atomic E-state index is 10.7. The highest BCUT2D eigenvalue weighted by atomic mass is 32.2. The van der Waals surface area contributed by atoms with Crippen LogP contribution < -0.4 is 0 Å². The molecular weight excluding hydrogens is 240 g/mol. The smallest absolute Gasteiger partial charge is 0.264 e. The third-order valence-electron chi connectivity index (χ3n) is 2.75. The number of rotatable bonds is 4. The minimum absolute atomic E-state index is 0.0238. The van der Waals surface area contributed by atoms with Crippen molar-refractivity contribution in [2.75, 3.05) is 5.75 Å². The predicted molar refractivity (Wildman–Crippen MR) is 65.5 cm³/mol. The van der Waals surface area contributed by atoms with Crippen molar-refractivity contribution in [1.82, 2.24) is 9.55 Å². The van der Waals surface area contributed by atoms with Crippen LogP contribution in [0.2, 0.25) is 0 Å². The average molecular weight is 254 g/mol. The van der Waals surface area contributed by atoms with E-state index in [1.165, 1.54) is 0 Å². The maximum atomic E-state index is 10.7. The lowest BCUT2D eigenvalue weighted by Gasteiger charge is -2.13. The lowest BCUT2D eigenvalue weighted by molar-refractivity contribution is 0.468. The molecule has 1 aromatic heterocycles. The highest BCUT2D eigenvalue weighted by Crippen LogP contribution is 2.19. The molecule has 0 aliphatic rings. The summed E-state index contributed by atoms with van der Waals surface area (Å²) < 4.78 is 32.0. The first kappa shape index (κ1) is 12.1. The van der Waals surface area contributed by atoms with Gasteiger partial charge in [-0.2, -0.15) is 8.42 Å². The summed E-state index contributed by atoms with van der Waals surface area (Å²) in [5, 5.41) is 0. The summed E-state index contributed by atoms with van der Waals surface area (Å²) in [7, 11) is -3.90. The zero-order valence-corrected chi connectivity index (χ0v) is 10.3. The van der Waals surface area contributed by atoms with Crippen LogP contribution in [-0.2, 0) is 10.1 Å². The van der Waals surface area contributed by atoms with Crippen LogP contribution in [0.4, 0.5) is 0 Å². The van der Waals surface area contributed by atoms with E-state index in [1.807, 2.05) is 35.8 Å². The molecule has 0 saturated carbocycles. The Balaban J connectivity index is 2.22. The average Bonchev–Trinajstić information content (AvgIpc) is 2.68. The molecule has 0 bridgehead atoms. The van der Waals surface area contributed by atoms with Gasteiger partial charge in [-0.3, -0.25) is 4.55 Å². The Bertz CT molecular complexity index is 618. The van der Waals surface area contributed by atoms with Crippen molar-refractivity contribution < 1.29 is 13.0 Å². The van der Waals surface area contributed by atoms with Gasteiger partial charge in [0.15, 0.2) is 0 Å². The number of aromatic nitrogens is 2. The molecule has 6 heteroatoms. The van der Waals surface area contributed by atoms with E-state index < -0.39 is 10.1 Å². The molecule has 5 nitrogen and oxygen atoms in total. The summed E-state index contributed by atoms with van der Waals surface area (Å²) in [6.45, 7) is 1.90. The molecule has 0 fully saturated rings. The minimum Gasteiger partial charge on any atom is -0.328 e. The molecule has 1 atom stereocenters. The van der Waals surface area contributed by atoms with Crippen LogP contribution in [0, 0.1) is 0 Å². The molecule has 0 radical (unpaired) electrons. The lowest BCUT2D eigenvalue weighted by atomic mass is 10.2. The lowest BCUT2D eigenvalue weighted by Crippen LogP contribution is -2.11. The Hall–Kier alpha value is -1.40. The standard InChI is InChI=1S/C11H14N2O3S/c1-9(6-7-17(14,15)16)13-8-12-10-4-2-3-5-11(10)13/h2-5,8-9H,6-7H2,1H3,(H,14,15,16). The molecular formula is C11H14N2O3S. The van der Waals surface area contributed by atoms with Gasteiger partial charge in [-0.1, -0.05) is 12.1 Å². The molecule has 0 aliphatic heterocycles. The van der Waals surface area contributed by atoms with Crippen molar-refractivity contribution in [1.29, 1.82) is 0 Å². The van der Waals surface area contributed by atoms with Gasteiger partial charge in [0.25, 0.3) is 10.1 Å². The van der Waals surface area contributed by atoms with E-state index in [9.17, 15) is 8.42 Å². The normalized spacial score (nSPS) is 14.0. The van der Waals surface area contributed by atoms with Gasteiger partial charge in [-0.05, 0) is 25.5 Å². The number of hydrogen-bond donors (Lipinski definition) is 1. The molecule has 2 aromatic rings. The first-order valence-electron chi connectivity index (χ1n) is 5.34. The summed E-state index contributed by atoms with van der Waals surface area (Å²) in [5.74, 6) is -0.235. The molecule has 0 amide bonds. The summed E-state index contributed by atoms with van der Waals surface area (Å²) >= 11 is 0. The zero-order valence-electron chi connectivity index (χ0n) is 9.44. The van der Waals surface area contributed by atoms with Crippen LogP contribution >= 0.6 is 0 Å². The van der Waals surface area contributed by atoms with Crippen LogP contribution in [0.15, 0.2) is 30.6 Å². The molecule has 0 spiro atoms. The number of hydrogen-bond acceptors (Lipinski definition) is 3. The first-order chi connectivity index (χ1) is 7.97. The van der Waals surface area contributed by atoms with Crippen molar-refractivity contribution in [2.24, 2.45) is 0 Å². The Morgan fingerprint density at radius 3 is 2.82 bits per heavy atom. The van der Waals surface area contributed by atoms with E-state index in [4.69, 9.17) is 4.55 Å². The molecule has 17 heavy (non-hydrogen) atoms. The van der Waals surface area contributed by atoms with Crippen molar-refractivity contribution >= 4 is 21.2 Å². The quantitative estimate of drug-likeness (QED) is 0.845. The van der Waals surface area contributed by atoms with Crippen LogP contribution in [0.5, 0.6) is 0 Å². The van der Waals surface area contributed by atoms with Gasteiger partial charge in [0.1, 0.15) is 0 Å². The van der Waals surface area contributed by atoms with Crippen LogP contribution in [-0.4, -0.2) is 28.3 Å². The van der Waals surface area contributed by atoms with Crippen molar-refractivity contribution in [3.8, 4) is 0 Å². The Morgan fingerprint density at radius 2 is 2.12 bits per heavy atom. The molecule has 1 heterocycles. The van der Waals surface area contributed by atoms with Crippen LogP contribution in [0.25, 0.3) is 11.0 Å². The topological polar surface area (TPSA) is 72.2 Å². The fourth-order valence-corrected chi connectivity index (χ4v) is 2.43. The third kappa shape index (κ3) is 2.83. The second kappa shape index (κ2) is 4.46. The summed E-state index contributed by atoms with van der Waals surface area (Å²) in [4.78, 5) is 4.24. The molecule has 1 N–H and O–H groups in total. The van der Waals surface area contributed by atoms with Crippen LogP contribution in [0.1, 0.15) is 19.4 Å². The van der Waals surface area contributed by atoms with Crippen LogP contribution in [0.3, 0.4) is 0 Å². The number of para-hydroxylation sites is 2. The largest absolute Gasteiger partial charge is 0.328 e.